The number of carboxylic acids is 1. The molecule has 5 nitrogen and oxygen atoms in total. The molecule has 0 radical (unpaired) electrons. The highest BCUT2D eigenvalue weighted by atomic mass is 16.6. The first kappa shape index (κ1) is 17.5. The minimum atomic E-state index is -0.986. The Labute approximate surface area is 141 Å². The van der Waals surface area contributed by atoms with Crippen LogP contribution in [0.2, 0.25) is 0 Å². The van der Waals surface area contributed by atoms with Gasteiger partial charge in [-0.05, 0) is 43.5 Å². The van der Waals surface area contributed by atoms with E-state index < -0.39 is 17.7 Å². The number of aromatic carboxylic acids is 1. The van der Waals surface area contributed by atoms with Crippen molar-refractivity contribution in [2.45, 2.75) is 32.9 Å². The van der Waals surface area contributed by atoms with Crippen molar-refractivity contribution in [1.29, 1.82) is 0 Å². The average molecular weight is 327 g/mol. The summed E-state index contributed by atoms with van der Waals surface area (Å²) < 4.78 is 5.22. The molecule has 0 aromatic heterocycles. The van der Waals surface area contributed by atoms with Crippen molar-refractivity contribution in [2.75, 3.05) is 0 Å². The zero-order valence-electron chi connectivity index (χ0n) is 14.0. The van der Waals surface area contributed by atoms with E-state index in [2.05, 4.69) is 5.32 Å². The largest absolute Gasteiger partial charge is 0.478 e. The second-order valence-electron chi connectivity index (χ2n) is 6.36. The maximum Gasteiger partial charge on any atom is 0.407 e. The Hall–Kier alpha value is -2.82. The molecule has 0 atom stereocenters. The molecule has 5 heteroatoms. The standard InChI is InChI=1S/C19H21NO4/c1-19(2,3)24-18(23)20-12-13-8-4-5-9-14(13)15-10-6-7-11-16(15)17(21)22/h4-11H,12H2,1-3H3,(H,20,23)(H,21,22). The van der Waals surface area contributed by atoms with E-state index in [-0.39, 0.29) is 12.1 Å². The van der Waals surface area contributed by atoms with Crippen LogP contribution in [-0.4, -0.2) is 22.8 Å². The molecule has 2 aromatic carbocycles. The molecule has 1 amide bonds. The van der Waals surface area contributed by atoms with Gasteiger partial charge in [0.1, 0.15) is 5.60 Å². The maximum atomic E-state index is 11.8. The summed E-state index contributed by atoms with van der Waals surface area (Å²) in [7, 11) is 0. The van der Waals surface area contributed by atoms with Gasteiger partial charge in [-0.2, -0.15) is 0 Å². The monoisotopic (exact) mass is 327 g/mol. The third-order valence-corrected chi connectivity index (χ3v) is 3.29. The summed E-state index contributed by atoms with van der Waals surface area (Å²) in [6.45, 7) is 5.63. The molecule has 0 aliphatic heterocycles. The normalized spacial score (nSPS) is 11.0. The lowest BCUT2D eigenvalue weighted by atomic mass is 9.95. The second-order valence-corrected chi connectivity index (χ2v) is 6.36. The van der Waals surface area contributed by atoms with Crippen LogP contribution < -0.4 is 5.32 Å². The Balaban J connectivity index is 2.26. The van der Waals surface area contributed by atoms with Gasteiger partial charge in [-0.1, -0.05) is 42.5 Å². The SMILES string of the molecule is CC(C)(C)OC(=O)NCc1ccccc1-c1ccccc1C(=O)O. The van der Waals surface area contributed by atoms with Crippen molar-refractivity contribution < 1.29 is 19.4 Å². The van der Waals surface area contributed by atoms with Gasteiger partial charge in [0.05, 0.1) is 5.56 Å². The summed E-state index contributed by atoms with van der Waals surface area (Å²) in [4.78, 5) is 23.3. The number of alkyl carbamates (subject to hydrolysis) is 1. The lowest BCUT2D eigenvalue weighted by Crippen LogP contribution is -2.32. The molecule has 0 bridgehead atoms. The highest BCUT2D eigenvalue weighted by Gasteiger charge is 2.17. The van der Waals surface area contributed by atoms with Crippen LogP contribution in [0.5, 0.6) is 0 Å². The van der Waals surface area contributed by atoms with Gasteiger partial charge in [0.2, 0.25) is 0 Å². The van der Waals surface area contributed by atoms with Crippen LogP contribution in [-0.2, 0) is 11.3 Å². The van der Waals surface area contributed by atoms with Crippen molar-refractivity contribution in [3.63, 3.8) is 0 Å². The number of carboxylic acid groups (broad SMARTS) is 1. The van der Waals surface area contributed by atoms with Gasteiger partial charge < -0.3 is 15.2 Å². The molecule has 2 aromatic rings. The number of carbonyl (C=O) groups excluding carboxylic acids is 1. The lowest BCUT2D eigenvalue weighted by Gasteiger charge is -2.20. The van der Waals surface area contributed by atoms with Crippen molar-refractivity contribution in [2.24, 2.45) is 0 Å². The predicted molar refractivity (Wildman–Crippen MR) is 91.9 cm³/mol. The average Bonchev–Trinajstić information content (AvgIpc) is 2.51. The Bertz CT molecular complexity index is 747. The summed E-state index contributed by atoms with van der Waals surface area (Å²) in [5.74, 6) is -0.986. The summed E-state index contributed by atoms with van der Waals surface area (Å²) >= 11 is 0. The quantitative estimate of drug-likeness (QED) is 0.887. The Morgan fingerprint density at radius 3 is 2.21 bits per heavy atom. The summed E-state index contributed by atoms with van der Waals surface area (Å²) in [6, 6.07) is 14.2. The molecule has 0 saturated heterocycles. The molecule has 0 heterocycles. The summed E-state index contributed by atoms with van der Waals surface area (Å²) in [6.07, 6.45) is -0.510. The van der Waals surface area contributed by atoms with E-state index in [0.29, 0.717) is 5.56 Å². The molecule has 0 saturated carbocycles. The van der Waals surface area contributed by atoms with E-state index in [1.54, 1.807) is 45.0 Å². The molecular formula is C19H21NO4. The highest BCUT2D eigenvalue weighted by Crippen LogP contribution is 2.27. The van der Waals surface area contributed by atoms with Crippen LogP contribution in [0.3, 0.4) is 0 Å². The lowest BCUT2D eigenvalue weighted by molar-refractivity contribution is 0.0523. The maximum absolute atomic E-state index is 11.8. The van der Waals surface area contributed by atoms with Gasteiger partial charge in [-0.15, -0.1) is 0 Å². The molecule has 2 rings (SSSR count). The molecule has 0 unspecified atom stereocenters. The van der Waals surface area contributed by atoms with E-state index in [9.17, 15) is 14.7 Å². The number of rotatable bonds is 4. The molecule has 2 N–H and O–H groups in total. The molecule has 0 aliphatic carbocycles. The topological polar surface area (TPSA) is 75.6 Å². The van der Waals surface area contributed by atoms with Gasteiger partial charge in [-0.25, -0.2) is 9.59 Å². The second kappa shape index (κ2) is 7.17. The van der Waals surface area contributed by atoms with Crippen LogP contribution in [0.15, 0.2) is 48.5 Å². The zero-order chi connectivity index (χ0) is 17.7. The van der Waals surface area contributed by atoms with Crippen LogP contribution in [0.1, 0.15) is 36.7 Å². The molecular weight excluding hydrogens is 306 g/mol. The summed E-state index contributed by atoms with van der Waals surface area (Å²) in [5, 5.41) is 12.1. The van der Waals surface area contributed by atoms with Crippen LogP contribution >= 0.6 is 0 Å². The number of hydrogen-bond acceptors (Lipinski definition) is 3. The third-order valence-electron chi connectivity index (χ3n) is 3.29. The fourth-order valence-corrected chi connectivity index (χ4v) is 2.32. The van der Waals surface area contributed by atoms with Gasteiger partial charge in [0.15, 0.2) is 0 Å². The van der Waals surface area contributed by atoms with Crippen molar-refractivity contribution in [1.82, 2.24) is 5.32 Å². The van der Waals surface area contributed by atoms with Gasteiger partial charge >= 0.3 is 12.1 Å². The molecule has 0 fully saturated rings. The van der Waals surface area contributed by atoms with E-state index in [1.165, 1.54) is 0 Å². The Morgan fingerprint density at radius 2 is 1.58 bits per heavy atom. The smallest absolute Gasteiger partial charge is 0.407 e. The van der Waals surface area contributed by atoms with E-state index in [4.69, 9.17) is 4.74 Å². The van der Waals surface area contributed by atoms with Crippen molar-refractivity contribution >= 4 is 12.1 Å². The van der Waals surface area contributed by atoms with E-state index >= 15 is 0 Å². The van der Waals surface area contributed by atoms with E-state index in [0.717, 1.165) is 11.1 Å². The predicted octanol–water partition coefficient (Wildman–Crippen LogP) is 4.08. The number of benzene rings is 2. The van der Waals surface area contributed by atoms with Crippen LogP contribution in [0.25, 0.3) is 11.1 Å². The fourth-order valence-electron chi connectivity index (χ4n) is 2.32. The van der Waals surface area contributed by atoms with Crippen LogP contribution in [0.4, 0.5) is 4.79 Å². The van der Waals surface area contributed by atoms with E-state index in [1.807, 2.05) is 24.3 Å². The van der Waals surface area contributed by atoms with Gasteiger partial charge in [0.25, 0.3) is 0 Å². The Morgan fingerprint density at radius 1 is 1.00 bits per heavy atom. The first-order valence-corrected chi connectivity index (χ1v) is 7.65. The molecule has 126 valence electrons. The zero-order valence-corrected chi connectivity index (χ0v) is 14.0. The van der Waals surface area contributed by atoms with Crippen LogP contribution in [0, 0.1) is 0 Å². The first-order valence-electron chi connectivity index (χ1n) is 7.65. The molecule has 0 aliphatic rings. The van der Waals surface area contributed by atoms with Gasteiger partial charge in [0, 0.05) is 6.54 Å². The number of hydrogen-bond donors (Lipinski definition) is 2. The summed E-state index contributed by atoms with van der Waals surface area (Å²) in [5.41, 5.74) is 1.86. The fraction of sp³-hybridized carbons (Fsp3) is 0.263. The third kappa shape index (κ3) is 4.59. The number of nitrogens with one attached hydrogen (secondary N) is 1. The molecule has 24 heavy (non-hydrogen) atoms. The van der Waals surface area contributed by atoms with Crippen molar-refractivity contribution in [3.8, 4) is 11.1 Å². The number of carbonyl (C=O) groups is 2. The first-order chi connectivity index (χ1) is 11.3. The molecule has 0 spiro atoms. The highest BCUT2D eigenvalue weighted by molar-refractivity contribution is 5.96. The van der Waals surface area contributed by atoms with Gasteiger partial charge in [-0.3, -0.25) is 0 Å². The number of ether oxygens (including phenoxy) is 1. The van der Waals surface area contributed by atoms with Crippen molar-refractivity contribution in [3.05, 3.63) is 59.7 Å². The minimum absolute atomic E-state index is 0.224. The minimum Gasteiger partial charge on any atom is -0.478 e. The number of amides is 1. The Kier molecular flexibility index (Phi) is 5.24.